The van der Waals surface area contributed by atoms with E-state index in [1.165, 1.54) is 44.0 Å². The molecular formula is C19H27N3O. The number of aromatic nitrogens is 2. The fourth-order valence-electron chi connectivity index (χ4n) is 3.82. The van der Waals surface area contributed by atoms with Gasteiger partial charge in [0, 0.05) is 13.5 Å². The molecule has 1 aromatic carbocycles. The number of carbonyl (C=O) groups excluding carboxylic acids is 1. The number of carbonyl (C=O) groups is 1. The molecule has 1 fully saturated rings. The van der Waals surface area contributed by atoms with Gasteiger partial charge in [0.15, 0.2) is 0 Å². The summed E-state index contributed by atoms with van der Waals surface area (Å²) in [6.07, 6.45) is 8.09. The fourth-order valence-corrected chi connectivity index (χ4v) is 3.82. The van der Waals surface area contributed by atoms with Crippen LogP contribution in [-0.2, 0) is 11.3 Å². The van der Waals surface area contributed by atoms with E-state index in [1.54, 1.807) is 6.92 Å². The quantitative estimate of drug-likeness (QED) is 0.899. The van der Waals surface area contributed by atoms with Gasteiger partial charge in [0.05, 0.1) is 17.1 Å². The van der Waals surface area contributed by atoms with Crippen molar-refractivity contribution in [3.8, 4) is 0 Å². The van der Waals surface area contributed by atoms with Crippen LogP contribution in [0.4, 0.5) is 0 Å². The summed E-state index contributed by atoms with van der Waals surface area (Å²) in [5.41, 5.74) is 2.19. The molecule has 124 valence electrons. The van der Waals surface area contributed by atoms with Crippen LogP contribution >= 0.6 is 0 Å². The number of benzene rings is 1. The Morgan fingerprint density at radius 3 is 2.78 bits per heavy atom. The van der Waals surface area contributed by atoms with Gasteiger partial charge < -0.3 is 9.88 Å². The topological polar surface area (TPSA) is 46.9 Å². The molecule has 0 spiro atoms. The van der Waals surface area contributed by atoms with E-state index in [2.05, 4.69) is 28.1 Å². The lowest BCUT2D eigenvalue weighted by atomic mass is 9.87. The molecule has 1 aromatic heterocycles. The third kappa shape index (κ3) is 3.74. The van der Waals surface area contributed by atoms with Gasteiger partial charge in [0.25, 0.3) is 0 Å². The highest BCUT2D eigenvalue weighted by Gasteiger charge is 2.19. The molecule has 1 aliphatic rings. The fraction of sp³-hybridized carbons (Fsp3) is 0.579. The second kappa shape index (κ2) is 7.16. The van der Waals surface area contributed by atoms with Crippen molar-refractivity contribution in [3.05, 3.63) is 30.1 Å². The number of nitrogens with one attached hydrogen (secondary N) is 1. The SMILES string of the molecule is CC(=O)NC(C)c1nc2ccccc2n1CCC1CCCCC1. The molecule has 0 bridgehead atoms. The van der Waals surface area contributed by atoms with Crippen molar-refractivity contribution < 1.29 is 4.79 Å². The van der Waals surface area contributed by atoms with Crippen molar-refractivity contribution in [2.24, 2.45) is 5.92 Å². The number of para-hydroxylation sites is 2. The molecule has 0 saturated heterocycles. The molecule has 2 aromatic rings. The smallest absolute Gasteiger partial charge is 0.217 e. The maximum atomic E-state index is 11.4. The van der Waals surface area contributed by atoms with Gasteiger partial charge in [-0.1, -0.05) is 44.2 Å². The monoisotopic (exact) mass is 313 g/mol. The maximum absolute atomic E-state index is 11.4. The van der Waals surface area contributed by atoms with Gasteiger partial charge in [-0.15, -0.1) is 0 Å². The van der Waals surface area contributed by atoms with Crippen LogP contribution < -0.4 is 5.32 Å². The van der Waals surface area contributed by atoms with Gasteiger partial charge in [-0.05, 0) is 31.4 Å². The van der Waals surface area contributed by atoms with Gasteiger partial charge in [0.1, 0.15) is 5.82 Å². The molecule has 1 N–H and O–H groups in total. The van der Waals surface area contributed by atoms with Crippen LogP contribution in [0.3, 0.4) is 0 Å². The number of imidazole rings is 1. The number of amides is 1. The van der Waals surface area contributed by atoms with Crippen molar-refractivity contribution in [2.75, 3.05) is 0 Å². The van der Waals surface area contributed by atoms with Crippen LogP contribution in [0, 0.1) is 5.92 Å². The Morgan fingerprint density at radius 2 is 2.04 bits per heavy atom. The van der Waals surface area contributed by atoms with E-state index < -0.39 is 0 Å². The molecular weight excluding hydrogens is 286 g/mol. The molecule has 4 nitrogen and oxygen atoms in total. The summed E-state index contributed by atoms with van der Waals surface area (Å²) < 4.78 is 2.31. The normalized spacial score (nSPS) is 17.3. The summed E-state index contributed by atoms with van der Waals surface area (Å²) in [6.45, 7) is 4.57. The zero-order valence-corrected chi connectivity index (χ0v) is 14.2. The van der Waals surface area contributed by atoms with Gasteiger partial charge in [0.2, 0.25) is 5.91 Å². The molecule has 1 heterocycles. The van der Waals surface area contributed by atoms with Crippen molar-refractivity contribution in [1.29, 1.82) is 0 Å². The van der Waals surface area contributed by atoms with E-state index in [0.29, 0.717) is 0 Å². The number of hydrogen-bond donors (Lipinski definition) is 1. The van der Waals surface area contributed by atoms with Crippen LogP contribution in [0.2, 0.25) is 0 Å². The summed E-state index contributed by atoms with van der Waals surface area (Å²) >= 11 is 0. The average Bonchev–Trinajstić information content (AvgIpc) is 2.92. The lowest BCUT2D eigenvalue weighted by Gasteiger charge is -2.23. The first-order valence-corrected chi connectivity index (χ1v) is 8.87. The Balaban J connectivity index is 1.84. The van der Waals surface area contributed by atoms with Crippen molar-refractivity contribution in [2.45, 2.75) is 65.0 Å². The molecule has 1 aliphatic carbocycles. The first kappa shape index (κ1) is 16.0. The number of hydrogen-bond acceptors (Lipinski definition) is 2. The van der Waals surface area contributed by atoms with Crippen molar-refractivity contribution >= 4 is 16.9 Å². The molecule has 0 aliphatic heterocycles. The second-order valence-electron chi connectivity index (χ2n) is 6.83. The summed E-state index contributed by atoms with van der Waals surface area (Å²) in [6, 6.07) is 8.21. The predicted molar refractivity (Wildman–Crippen MR) is 93.2 cm³/mol. The van der Waals surface area contributed by atoms with Crippen molar-refractivity contribution in [3.63, 3.8) is 0 Å². The van der Waals surface area contributed by atoms with Crippen LogP contribution in [0.25, 0.3) is 11.0 Å². The third-order valence-corrected chi connectivity index (χ3v) is 4.98. The molecule has 1 unspecified atom stereocenters. The van der Waals surface area contributed by atoms with E-state index >= 15 is 0 Å². The Morgan fingerprint density at radius 1 is 1.30 bits per heavy atom. The van der Waals surface area contributed by atoms with Gasteiger partial charge in [-0.2, -0.15) is 0 Å². The second-order valence-corrected chi connectivity index (χ2v) is 6.83. The van der Waals surface area contributed by atoms with Crippen LogP contribution in [0.15, 0.2) is 24.3 Å². The number of aryl methyl sites for hydroxylation is 1. The minimum atomic E-state index is -0.0637. The zero-order chi connectivity index (χ0) is 16.2. The number of nitrogens with zero attached hydrogens (tertiary/aromatic N) is 2. The van der Waals surface area contributed by atoms with E-state index in [-0.39, 0.29) is 11.9 Å². The minimum Gasteiger partial charge on any atom is -0.347 e. The summed E-state index contributed by atoms with van der Waals surface area (Å²) in [4.78, 5) is 16.2. The van der Waals surface area contributed by atoms with Crippen LogP contribution in [0.5, 0.6) is 0 Å². The lowest BCUT2D eigenvalue weighted by Crippen LogP contribution is -2.26. The van der Waals surface area contributed by atoms with Crippen molar-refractivity contribution in [1.82, 2.24) is 14.9 Å². The van der Waals surface area contributed by atoms with Gasteiger partial charge in [-0.3, -0.25) is 4.79 Å². The molecule has 23 heavy (non-hydrogen) atoms. The summed E-state index contributed by atoms with van der Waals surface area (Å²) in [5.74, 6) is 1.80. The highest BCUT2D eigenvalue weighted by Crippen LogP contribution is 2.28. The third-order valence-electron chi connectivity index (χ3n) is 4.98. The van der Waals surface area contributed by atoms with E-state index in [9.17, 15) is 4.79 Å². The number of fused-ring (bicyclic) bond motifs is 1. The van der Waals surface area contributed by atoms with E-state index in [1.807, 2.05) is 13.0 Å². The largest absolute Gasteiger partial charge is 0.347 e. The molecule has 3 rings (SSSR count). The van der Waals surface area contributed by atoms with Crippen LogP contribution in [0.1, 0.15) is 64.2 Å². The Hall–Kier alpha value is -1.84. The molecule has 1 amide bonds. The van der Waals surface area contributed by atoms with E-state index in [4.69, 9.17) is 4.98 Å². The Labute approximate surface area is 138 Å². The number of rotatable bonds is 5. The summed E-state index contributed by atoms with van der Waals surface area (Å²) in [5, 5.41) is 2.98. The minimum absolute atomic E-state index is 0.0108. The molecule has 1 atom stereocenters. The Bertz CT molecular complexity index is 670. The predicted octanol–water partition coefficient (Wildman–Crippen LogP) is 4.20. The maximum Gasteiger partial charge on any atom is 0.217 e. The summed E-state index contributed by atoms with van der Waals surface area (Å²) in [7, 11) is 0. The highest BCUT2D eigenvalue weighted by molar-refractivity contribution is 5.77. The highest BCUT2D eigenvalue weighted by atomic mass is 16.1. The van der Waals surface area contributed by atoms with E-state index in [0.717, 1.165) is 23.8 Å². The molecule has 4 heteroatoms. The first-order chi connectivity index (χ1) is 11.1. The Kier molecular flexibility index (Phi) is 4.99. The van der Waals surface area contributed by atoms with Gasteiger partial charge in [-0.25, -0.2) is 4.98 Å². The standard InChI is InChI=1S/C19H27N3O/c1-14(20-15(2)23)19-21-17-10-6-7-11-18(17)22(19)13-12-16-8-4-3-5-9-16/h6-7,10-11,14,16H,3-5,8-9,12-13H2,1-2H3,(H,20,23). The average molecular weight is 313 g/mol. The van der Waals surface area contributed by atoms with Gasteiger partial charge >= 0.3 is 0 Å². The lowest BCUT2D eigenvalue weighted by molar-refractivity contribution is -0.119. The zero-order valence-electron chi connectivity index (χ0n) is 14.2. The van der Waals surface area contributed by atoms with Crippen LogP contribution in [-0.4, -0.2) is 15.5 Å². The molecule has 0 radical (unpaired) electrons. The molecule has 1 saturated carbocycles. The first-order valence-electron chi connectivity index (χ1n) is 8.87.